The summed E-state index contributed by atoms with van der Waals surface area (Å²) in [5.41, 5.74) is 1.25. The molecule has 0 saturated carbocycles. The first kappa shape index (κ1) is 15.6. The Labute approximate surface area is 129 Å². The van der Waals surface area contributed by atoms with Crippen molar-refractivity contribution in [2.24, 2.45) is 0 Å². The lowest BCUT2D eigenvalue weighted by molar-refractivity contribution is -0.605. The number of aromatic nitrogens is 1. The van der Waals surface area contributed by atoms with E-state index in [2.05, 4.69) is 0 Å². The quantitative estimate of drug-likeness (QED) is 0.622. The van der Waals surface area contributed by atoms with Crippen LogP contribution in [0.4, 0.5) is 0 Å². The second-order valence-electron chi connectivity index (χ2n) is 4.80. The molecule has 2 rings (SSSR count). The average Bonchev–Trinajstić information content (AvgIpc) is 2.53. The number of benzene rings is 1. The van der Waals surface area contributed by atoms with Crippen molar-refractivity contribution in [3.63, 3.8) is 0 Å². The molecule has 1 aromatic carbocycles. The van der Waals surface area contributed by atoms with Gasteiger partial charge in [0, 0.05) is 19.7 Å². The fourth-order valence-corrected chi connectivity index (χ4v) is 2.13. The molecule has 6 nitrogen and oxygen atoms in total. The van der Waals surface area contributed by atoms with E-state index in [1.165, 1.54) is 17.3 Å². The van der Waals surface area contributed by atoms with Gasteiger partial charge in [-0.2, -0.15) is 4.73 Å². The lowest BCUT2D eigenvalue weighted by Gasteiger charge is -2.18. The van der Waals surface area contributed by atoms with Crippen molar-refractivity contribution < 1.29 is 19.0 Å². The zero-order valence-corrected chi connectivity index (χ0v) is 12.8. The number of rotatable bonds is 5. The van der Waals surface area contributed by atoms with Gasteiger partial charge >= 0.3 is 0 Å². The molecule has 0 bridgehead atoms. The predicted octanol–water partition coefficient (Wildman–Crippen LogP) is 1.61. The minimum Gasteiger partial charge on any atom is -0.619 e. The van der Waals surface area contributed by atoms with Crippen LogP contribution >= 0.6 is 0 Å². The minimum atomic E-state index is -0.222. The molecule has 1 aromatic heterocycles. The van der Waals surface area contributed by atoms with Crippen LogP contribution < -0.4 is 14.2 Å². The van der Waals surface area contributed by atoms with E-state index in [0.717, 1.165) is 5.56 Å². The molecule has 1 heterocycles. The van der Waals surface area contributed by atoms with Gasteiger partial charge in [-0.15, -0.1) is 0 Å². The standard InChI is InChI=1S/C16H18N2O4/c1-17(16(19)13-5-4-8-18(20)11-13)10-12-6-7-14(21-2)15(9-12)22-3/h4-9,11H,10H2,1-3H3. The van der Waals surface area contributed by atoms with Gasteiger partial charge in [0.2, 0.25) is 0 Å². The van der Waals surface area contributed by atoms with Crippen LogP contribution in [0.3, 0.4) is 0 Å². The van der Waals surface area contributed by atoms with Crippen LogP contribution in [0.25, 0.3) is 0 Å². The van der Waals surface area contributed by atoms with E-state index in [4.69, 9.17) is 9.47 Å². The van der Waals surface area contributed by atoms with Gasteiger partial charge in [-0.25, -0.2) is 0 Å². The molecule has 0 aliphatic carbocycles. The molecule has 0 radical (unpaired) electrons. The summed E-state index contributed by atoms with van der Waals surface area (Å²) in [7, 11) is 4.81. The summed E-state index contributed by atoms with van der Waals surface area (Å²) in [4.78, 5) is 13.8. The molecule has 0 aliphatic rings. The number of pyridine rings is 1. The summed E-state index contributed by atoms with van der Waals surface area (Å²) in [6.07, 6.45) is 2.60. The first-order chi connectivity index (χ1) is 10.5. The molecule has 0 spiro atoms. The van der Waals surface area contributed by atoms with Crippen LogP contribution in [0, 0.1) is 5.21 Å². The summed E-state index contributed by atoms with van der Waals surface area (Å²) in [6, 6.07) is 8.64. The van der Waals surface area contributed by atoms with E-state index in [-0.39, 0.29) is 5.91 Å². The van der Waals surface area contributed by atoms with Crippen LogP contribution in [-0.4, -0.2) is 32.1 Å². The maximum atomic E-state index is 12.3. The summed E-state index contributed by atoms with van der Waals surface area (Å²) < 4.78 is 11.0. The first-order valence-corrected chi connectivity index (χ1v) is 6.70. The van der Waals surface area contributed by atoms with Crippen molar-refractivity contribution in [1.29, 1.82) is 0 Å². The minimum absolute atomic E-state index is 0.222. The topological polar surface area (TPSA) is 65.7 Å². The molecular weight excluding hydrogens is 284 g/mol. The SMILES string of the molecule is COc1ccc(CN(C)C(=O)c2ccc[n+]([O-])c2)cc1OC. The molecule has 0 atom stereocenters. The van der Waals surface area contributed by atoms with Gasteiger partial charge in [0.25, 0.3) is 5.91 Å². The molecule has 1 amide bonds. The van der Waals surface area contributed by atoms with Crippen LogP contribution in [0.2, 0.25) is 0 Å². The highest BCUT2D eigenvalue weighted by atomic mass is 16.5. The summed E-state index contributed by atoms with van der Waals surface area (Å²) in [5.74, 6) is 1.02. The Kier molecular flexibility index (Phi) is 4.83. The normalized spacial score (nSPS) is 10.1. The fraction of sp³-hybridized carbons (Fsp3) is 0.250. The van der Waals surface area contributed by atoms with E-state index >= 15 is 0 Å². The Balaban J connectivity index is 2.14. The molecule has 0 N–H and O–H groups in total. The first-order valence-electron chi connectivity index (χ1n) is 6.70. The van der Waals surface area contributed by atoms with Gasteiger partial charge in [-0.05, 0) is 23.8 Å². The van der Waals surface area contributed by atoms with Gasteiger partial charge in [0.1, 0.15) is 5.56 Å². The maximum absolute atomic E-state index is 12.3. The highest BCUT2D eigenvalue weighted by molar-refractivity contribution is 5.93. The number of nitrogens with zero attached hydrogens (tertiary/aromatic N) is 2. The van der Waals surface area contributed by atoms with E-state index in [9.17, 15) is 10.0 Å². The van der Waals surface area contributed by atoms with Crippen LogP contribution in [0.1, 0.15) is 15.9 Å². The third kappa shape index (κ3) is 3.46. The van der Waals surface area contributed by atoms with Gasteiger partial charge in [0.05, 0.1) is 14.2 Å². The molecule has 2 aromatic rings. The van der Waals surface area contributed by atoms with Gasteiger partial charge in [-0.3, -0.25) is 4.79 Å². The maximum Gasteiger partial charge on any atom is 0.260 e. The van der Waals surface area contributed by atoms with Crippen molar-refractivity contribution in [2.45, 2.75) is 6.54 Å². The fourth-order valence-electron chi connectivity index (χ4n) is 2.13. The number of carbonyl (C=O) groups excluding carboxylic acids is 1. The van der Waals surface area contributed by atoms with Crippen molar-refractivity contribution in [3.05, 3.63) is 59.1 Å². The molecule has 0 fully saturated rings. The zero-order chi connectivity index (χ0) is 16.1. The Morgan fingerprint density at radius 1 is 1.23 bits per heavy atom. The lowest BCUT2D eigenvalue weighted by atomic mass is 10.1. The van der Waals surface area contributed by atoms with Crippen LogP contribution in [0.15, 0.2) is 42.7 Å². The van der Waals surface area contributed by atoms with Crippen molar-refractivity contribution in [2.75, 3.05) is 21.3 Å². The summed E-state index contributed by atoms with van der Waals surface area (Å²) in [5, 5.41) is 11.2. The number of ether oxygens (including phenoxy) is 2. The van der Waals surface area contributed by atoms with Crippen molar-refractivity contribution in [1.82, 2.24) is 4.90 Å². The zero-order valence-electron chi connectivity index (χ0n) is 12.8. The van der Waals surface area contributed by atoms with Gasteiger partial charge < -0.3 is 19.6 Å². The third-order valence-corrected chi connectivity index (χ3v) is 3.24. The molecule has 6 heteroatoms. The van der Waals surface area contributed by atoms with E-state index in [1.807, 2.05) is 12.1 Å². The second kappa shape index (κ2) is 6.80. The number of methoxy groups -OCH3 is 2. The molecule has 22 heavy (non-hydrogen) atoms. The predicted molar refractivity (Wildman–Crippen MR) is 80.7 cm³/mol. The second-order valence-corrected chi connectivity index (χ2v) is 4.80. The number of amides is 1. The number of carbonyl (C=O) groups is 1. The summed E-state index contributed by atoms with van der Waals surface area (Å²) in [6.45, 7) is 0.396. The molecule has 116 valence electrons. The molecular formula is C16H18N2O4. The Hall–Kier alpha value is -2.76. The Morgan fingerprint density at radius 2 is 1.95 bits per heavy atom. The monoisotopic (exact) mass is 302 g/mol. The highest BCUT2D eigenvalue weighted by Gasteiger charge is 2.15. The molecule has 0 unspecified atom stereocenters. The van der Waals surface area contributed by atoms with Gasteiger partial charge in [0.15, 0.2) is 23.9 Å². The highest BCUT2D eigenvalue weighted by Crippen LogP contribution is 2.28. The Bertz CT molecular complexity index is 673. The number of hydrogen-bond donors (Lipinski definition) is 0. The lowest BCUT2D eigenvalue weighted by Crippen LogP contribution is -2.31. The average molecular weight is 302 g/mol. The van der Waals surface area contributed by atoms with E-state index in [1.54, 1.807) is 39.5 Å². The largest absolute Gasteiger partial charge is 0.619 e. The smallest absolute Gasteiger partial charge is 0.260 e. The van der Waals surface area contributed by atoms with E-state index in [0.29, 0.717) is 28.3 Å². The third-order valence-electron chi connectivity index (χ3n) is 3.24. The van der Waals surface area contributed by atoms with Crippen molar-refractivity contribution >= 4 is 5.91 Å². The van der Waals surface area contributed by atoms with E-state index < -0.39 is 0 Å². The molecule has 0 saturated heterocycles. The van der Waals surface area contributed by atoms with Crippen LogP contribution in [0.5, 0.6) is 11.5 Å². The Morgan fingerprint density at radius 3 is 2.59 bits per heavy atom. The van der Waals surface area contributed by atoms with Gasteiger partial charge in [-0.1, -0.05) is 6.07 Å². The molecule has 0 aliphatic heterocycles. The van der Waals surface area contributed by atoms with Crippen LogP contribution in [-0.2, 0) is 6.54 Å². The van der Waals surface area contributed by atoms with Crippen molar-refractivity contribution in [3.8, 4) is 11.5 Å². The summed E-state index contributed by atoms with van der Waals surface area (Å²) >= 11 is 0. The number of hydrogen-bond acceptors (Lipinski definition) is 4.